The fourth-order valence-electron chi connectivity index (χ4n) is 1.92. The van der Waals surface area contributed by atoms with Gasteiger partial charge in [0.05, 0.1) is 19.5 Å². The quantitative estimate of drug-likeness (QED) is 0.595. The van der Waals surface area contributed by atoms with Crippen molar-refractivity contribution in [3.63, 3.8) is 0 Å². The van der Waals surface area contributed by atoms with E-state index in [1.54, 1.807) is 38.5 Å². The predicted molar refractivity (Wildman–Crippen MR) is 85.6 cm³/mol. The zero-order valence-electron chi connectivity index (χ0n) is 12.3. The molecule has 0 aromatic heterocycles. The fraction of sp³-hybridized carbons (Fsp3) is 0.235. The number of methoxy groups -OCH3 is 2. The Kier molecular flexibility index (Phi) is 5.28. The minimum absolute atomic E-state index is 0.102. The first-order chi connectivity index (χ1) is 10.1. The maximum Gasteiger partial charge on any atom is 0.175 e. The molecule has 4 heteroatoms. The molecule has 2 aromatic carbocycles. The number of ketones is 1. The molecule has 0 fully saturated rings. The molecule has 2 aromatic rings. The Morgan fingerprint density at radius 2 is 1.67 bits per heavy atom. The van der Waals surface area contributed by atoms with Gasteiger partial charge in [0.15, 0.2) is 5.78 Å². The van der Waals surface area contributed by atoms with Crippen molar-refractivity contribution in [1.29, 1.82) is 0 Å². The van der Waals surface area contributed by atoms with E-state index in [0.717, 1.165) is 16.4 Å². The van der Waals surface area contributed by atoms with Gasteiger partial charge in [-0.25, -0.2) is 0 Å². The molecular weight excluding hydrogens is 284 g/mol. The van der Waals surface area contributed by atoms with Gasteiger partial charge in [0.2, 0.25) is 0 Å². The molecule has 0 aliphatic rings. The molecule has 0 radical (unpaired) electrons. The molecule has 2 rings (SSSR count). The van der Waals surface area contributed by atoms with Gasteiger partial charge in [-0.05, 0) is 49.4 Å². The molecular formula is C17H18O3S. The Morgan fingerprint density at radius 3 is 2.29 bits per heavy atom. The van der Waals surface area contributed by atoms with Crippen LogP contribution in [0.4, 0.5) is 0 Å². The smallest absolute Gasteiger partial charge is 0.175 e. The number of rotatable bonds is 6. The van der Waals surface area contributed by atoms with E-state index >= 15 is 0 Å². The highest BCUT2D eigenvalue weighted by atomic mass is 32.2. The average molecular weight is 302 g/mol. The van der Waals surface area contributed by atoms with Crippen LogP contribution in [0.25, 0.3) is 0 Å². The van der Waals surface area contributed by atoms with Gasteiger partial charge in [-0.2, -0.15) is 0 Å². The molecule has 0 saturated heterocycles. The molecule has 0 bridgehead atoms. The first kappa shape index (κ1) is 15.4. The van der Waals surface area contributed by atoms with E-state index in [4.69, 9.17) is 9.47 Å². The van der Waals surface area contributed by atoms with Gasteiger partial charge in [-0.15, -0.1) is 11.8 Å². The van der Waals surface area contributed by atoms with E-state index in [-0.39, 0.29) is 11.0 Å². The lowest BCUT2D eigenvalue weighted by molar-refractivity contribution is 0.0994. The van der Waals surface area contributed by atoms with Crippen molar-refractivity contribution in [1.82, 2.24) is 0 Å². The van der Waals surface area contributed by atoms with Gasteiger partial charge >= 0.3 is 0 Å². The maximum atomic E-state index is 12.4. The van der Waals surface area contributed by atoms with Gasteiger partial charge < -0.3 is 9.47 Å². The molecule has 0 N–H and O–H groups in total. The van der Waals surface area contributed by atoms with Gasteiger partial charge in [-0.3, -0.25) is 4.79 Å². The number of hydrogen-bond acceptors (Lipinski definition) is 4. The summed E-state index contributed by atoms with van der Waals surface area (Å²) in [5, 5.41) is -0.162. The highest BCUT2D eigenvalue weighted by Crippen LogP contribution is 2.28. The third kappa shape index (κ3) is 4.02. The summed E-state index contributed by atoms with van der Waals surface area (Å²) in [6, 6.07) is 14.9. The summed E-state index contributed by atoms with van der Waals surface area (Å²) in [4.78, 5) is 13.4. The Morgan fingerprint density at radius 1 is 1.00 bits per heavy atom. The average Bonchev–Trinajstić information content (AvgIpc) is 2.54. The lowest BCUT2D eigenvalue weighted by Gasteiger charge is -2.11. The number of ether oxygens (including phenoxy) is 2. The zero-order chi connectivity index (χ0) is 15.2. The van der Waals surface area contributed by atoms with Gasteiger partial charge in [0.1, 0.15) is 11.5 Å². The Labute approximate surface area is 129 Å². The molecule has 1 unspecified atom stereocenters. The Balaban J connectivity index is 2.07. The fourth-order valence-corrected chi connectivity index (χ4v) is 2.91. The van der Waals surface area contributed by atoms with Crippen molar-refractivity contribution >= 4 is 17.5 Å². The second-order valence-electron chi connectivity index (χ2n) is 4.53. The first-order valence-corrected chi connectivity index (χ1v) is 7.51. The summed E-state index contributed by atoms with van der Waals surface area (Å²) in [6.07, 6.45) is 0. The number of carbonyl (C=O) groups excluding carboxylic acids is 1. The number of hydrogen-bond donors (Lipinski definition) is 0. The highest BCUT2D eigenvalue weighted by Gasteiger charge is 2.16. The van der Waals surface area contributed by atoms with E-state index < -0.39 is 0 Å². The number of thioether (sulfide) groups is 1. The molecule has 0 saturated carbocycles. The second-order valence-corrected chi connectivity index (χ2v) is 5.95. The third-order valence-corrected chi connectivity index (χ3v) is 4.19. The number of Topliss-reactive ketones (excluding diaryl/α,β-unsaturated/α-hetero) is 1. The minimum atomic E-state index is -0.162. The van der Waals surface area contributed by atoms with Gasteiger partial charge in [0.25, 0.3) is 0 Å². The van der Waals surface area contributed by atoms with E-state index in [0.29, 0.717) is 5.56 Å². The van der Waals surface area contributed by atoms with Crippen LogP contribution in [-0.2, 0) is 0 Å². The molecule has 21 heavy (non-hydrogen) atoms. The van der Waals surface area contributed by atoms with Crippen LogP contribution in [0.3, 0.4) is 0 Å². The molecule has 0 amide bonds. The molecule has 3 nitrogen and oxygen atoms in total. The molecule has 1 atom stereocenters. The second kappa shape index (κ2) is 7.18. The van der Waals surface area contributed by atoms with Gasteiger partial charge in [0, 0.05) is 10.5 Å². The van der Waals surface area contributed by atoms with Crippen LogP contribution in [0, 0.1) is 0 Å². The van der Waals surface area contributed by atoms with Crippen LogP contribution < -0.4 is 9.47 Å². The van der Waals surface area contributed by atoms with Crippen LogP contribution in [0.15, 0.2) is 53.4 Å². The molecule has 0 aliphatic carbocycles. The SMILES string of the molecule is COc1ccc(C(=O)C(C)Sc2cccc(OC)c2)cc1. The van der Waals surface area contributed by atoms with Gasteiger partial charge in [-0.1, -0.05) is 6.07 Å². The normalized spacial score (nSPS) is 11.8. The summed E-state index contributed by atoms with van der Waals surface area (Å²) in [5.74, 6) is 1.65. The van der Waals surface area contributed by atoms with Crippen molar-refractivity contribution in [2.75, 3.05) is 14.2 Å². The lowest BCUT2D eigenvalue weighted by atomic mass is 10.1. The number of benzene rings is 2. The van der Waals surface area contributed by atoms with Crippen molar-refractivity contribution in [3.05, 3.63) is 54.1 Å². The van der Waals surface area contributed by atoms with Crippen molar-refractivity contribution in [2.24, 2.45) is 0 Å². The lowest BCUT2D eigenvalue weighted by Crippen LogP contribution is -2.13. The predicted octanol–water partition coefficient (Wildman–Crippen LogP) is 4.07. The van der Waals surface area contributed by atoms with Crippen LogP contribution >= 0.6 is 11.8 Å². The van der Waals surface area contributed by atoms with E-state index in [2.05, 4.69) is 0 Å². The summed E-state index contributed by atoms with van der Waals surface area (Å²) in [6.45, 7) is 1.91. The summed E-state index contributed by atoms with van der Waals surface area (Å²) in [5.41, 5.74) is 0.693. The summed E-state index contributed by atoms with van der Waals surface area (Å²) in [7, 11) is 3.24. The standard InChI is InChI=1S/C17H18O3S/c1-12(21-16-6-4-5-15(11-16)20-3)17(18)13-7-9-14(19-2)10-8-13/h4-12H,1-3H3. The number of carbonyl (C=O) groups is 1. The van der Waals surface area contributed by atoms with Crippen molar-refractivity contribution in [3.8, 4) is 11.5 Å². The van der Waals surface area contributed by atoms with Crippen LogP contribution in [0.1, 0.15) is 17.3 Å². The minimum Gasteiger partial charge on any atom is -0.497 e. The Bertz CT molecular complexity index is 608. The largest absolute Gasteiger partial charge is 0.497 e. The topological polar surface area (TPSA) is 35.5 Å². The third-order valence-electron chi connectivity index (χ3n) is 3.10. The van der Waals surface area contributed by atoms with Crippen LogP contribution in [-0.4, -0.2) is 25.3 Å². The maximum absolute atomic E-state index is 12.4. The van der Waals surface area contributed by atoms with E-state index in [1.807, 2.05) is 31.2 Å². The monoisotopic (exact) mass is 302 g/mol. The van der Waals surface area contributed by atoms with Crippen molar-refractivity contribution < 1.29 is 14.3 Å². The highest BCUT2D eigenvalue weighted by molar-refractivity contribution is 8.00. The van der Waals surface area contributed by atoms with E-state index in [1.165, 1.54) is 11.8 Å². The molecule has 0 aliphatic heterocycles. The molecule has 0 heterocycles. The Hall–Kier alpha value is -1.94. The van der Waals surface area contributed by atoms with Crippen LogP contribution in [0.2, 0.25) is 0 Å². The zero-order valence-corrected chi connectivity index (χ0v) is 13.1. The molecule has 110 valence electrons. The first-order valence-electron chi connectivity index (χ1n) is 6.63. The van der Waals surface area contributed by atoms with E-state index in [9.17, 15) is 4.79 Å². The summed E-state index contributed by atoms with van der Waals surface area (Å²) < 4.78 is 10.3. The molecule has 0 spiro atoms. The van der Waals surface area contributed by atoms with Crippen molar-refractivity contribution in [2.45, 2.75) is 17.1 Å². The summed E-state index contributed by atoms with van der Waals surface area (Å²) >= 11 is 1.53. The van der Waals surface area contributed by atoms with Crippen LogP contribution in [0.5, 0.6) is 11.5 Å².